The topological polar surface area (TPSA) is 32.3 Å². The van der Waals surface area contributed by atoms with Gasteiger partial charge in [0.1, 0.15) is 6.29 Å². The maximum atomic E-state index is 11.3. The number of nitrogens with zero attached hydrogens (tertiary/aromatic N) is 1. The van der Waals surface area contributed by atoms with Gasteiger partial charge >= 0.3 is 0 Å². The number of rotatable bonds is 13. The van der Waals surface area contributed by atoms with Gasteiger partial charge in [0.2, 0.25) is 0 Å². The molecule has 0 spiro atoms. The number of carbonyl (C=O) groups excluding carboxylic acids is 1. The van der Waals surface area contributed by atoms with E-state index in [0.717, 1.165) is 62.4 Å². The molecule has 170 valence electrons. The quantitative estimate of drug-likeness (QED) is 0.177. The summed E-state index contributed by atoms with van der Waals surface area (Å²) in [4.78, 5) is 12.6. The first-order valence-electron chi connectivity index (χ1n) is 11.7. The lowest BCUT2D eigenvalue weighted by Crippen LogP contribution is -2.21. The van der Waals surface area contributed by atoms with Crippen LogP contribution >= 0.6 is 11.9 Å². The average molecular weight is 449 g/mol. The summed E-state index contributed by atoms with van der Waals surface area (Å²) < 4.78 is 2.43. The van der Waals surface area contributed by atoms with Crippen LogP contribution in [0.1, 0.15) is 43.9 Å². The number of fused-ring (bicyclic) bond motifs is 1. The van der Waals surface area contributed by atoms with Gasteiger partial charge in [-0.1, -0.05) is 68.8 Å². The number of allylic oxidation sites excluding steroid dienone is 2. The van der Waals surface area contributed by atoms with Gasteiger partial charge < -0.3 is 5.32 Å². The highest BCUT2D eigenvalue weighted by molar-refractivity contribution is 7.97. The summed E-state index contributed by atoms with van der Waals surface area (Å²) in [5.41, 5.74) is 5.89. The number of aldehydes is 1. The third-order valence-electron chi connectivity index (χ3n) is 6.15. The molecule has 3 nitrogen and oxygen atoms in total. The predicted molar refractivity (Wildman–Crippen MR) is 138 cm³/mol. The molecule has 32 heavy (non-hydrogen) atoms. The number of benzene rings is 2. The molecule has 1 aliphatic carbocycles. The lowest BCUT2D eigenvalue weighted by atomic mass is 10.1. The van der Waals surface area contributed by atoms with E-state index in [-0.39, 0.29) is 0 Å². The van der Waals surface area contributed by atoms with Crippen molar-refractivity contribution in [3.05, 3.63) is 82.9 Å². The first-order chi connectivity index (χ1) is 15.6. The zero-order valence-corrected chi connectivity index (χ0v) is 20.5. The maximum absolute atomic E-state index is 11.3. The molecule has 3 rings (SSSR count). The predicted octanol–water partition coefficient (Wildman–Crippen LogP) is 5.96. The second-order valence-corrected chi connectivity index (χ2v) is 9.79. The van der Waals surface area contributed by atoms with Gasteiger partial charge in [-0.05, 0) is 77.7 Å². The van der Waals surface area contributed by atoms with Gasteiger partial charge in [-0.25, -0.2) is 4.31 Å². The Hall–Kier alpha value is -2.14. The van der Waals surface area contributed by atoms with E-state index in [0.29, 0.717) is 0 Å². The minimum Gasteiger partial charge on any atom is -0.313 e. The highest BCUT2D eigenvalue weighted by Crippen LogP contribution is 2.35. The molecule has 0 fully saturated rings. The normalized spacial score (nSPS) is 14.4. The summed E-state index contributed by atoms with van der Waals surface area (Å²) >= 11 is 1.81. The third kappa shape index (κ3) is 7.19. The van der Waals surface area contributed by atoms with E-state index in [9.17, 15) is 4.79 Å². The molecule has 1 N–H and O–H groups in total. The van der Waals surface area contributed by atoms with Crippen molar-refractivity contribution < 1.29 is 4.79 Å². The van der Waals surface area contributed by atoms with Crippen LogP contribution in [0.2, 0.25) is 0 Å². The molecular formula is C28H36N2OS. The minimum absolute atomic E-state index is 0.721. The van der Waals surface area contributed by atoms with E-state index < -0.39 is 0 Å². The van der Waals surface area contributed by atoms with Crippen molar-refractivity contribution in [1.29, 1.82) is 0 Å². The van der Waals surface area contributed by atoms with Crippen LogP contribution in [0.4, 0.5) is 0 Å². The molecule has 4 heteroatoms. The van der Waals surface area contributed by atoms with Crippen LogP contribution in [-0.4, -0.2) is 36.8 Å². The van der Waals surface area contributed by atoms with Crippen LogP contribution in [0.5, 0.6) is 0 Å². The Morgan fingerprint density at radius 1 is 1.16 bits per heavy atom. The molecule has 2 aromatic carbocycles. The van der Waals surface area contributed by atoms with Crippen LogP contribution in [0.3, 0.4) is 0 Å². The van der Waals surface area contributed by atoms with Crippen LogP contribution in [0.15, 0.2) is 71.2 Å². The Morgan fingerprint density at radius 3 is 2.72 bits per heavy atom. The second kappa shape index (κ2) is 12.8. The molecule has 0 bridgehead atoms. The van der Waals surface area contributed by atoms with Gasteiger partial charge in [-0.15, -0.1) is 0 Å². The fourth-order valence-corrected chi connectivity index (χ4v) is 4.75. The summed E-state index contributed by atoms with van der Waals surface area (Å²) in [5, 5.41) is 3.51. The van der Waals surface area contributed by atoms with Crippen LogP contribution in [-0.2, 0) is 17.6 Å². The fraction of sp³-hybridized carbons (Fsp3) is 0.393. The van der Waals surface area contributed by atoms with E-state index in [2.05, 4.69) is 91.1 Å². The summed E-state index contributed by atoms with van der Waals surface area (Å²) in [6, 6.07) is 17.3. The number of carbonyl (C=O) groups is 1. The Kier molecular flexibility index (Phi) is 9.79. The summed E-state index contributed by atoms with van der Waals surface area (Å²) in [7, 11) is 0. The zero-order chi connectivity index (χ0) is 22.8. The monoisotopic (exact) mass is 448 g/mol. The van der Waals surface area contributed by atoms with Crippen molar-refractivity contribution in [1.82, 2.24) is 9.62 Å². The lowest BCUT2D eigenvalue weighted by molar-refractivity contribution is -0.104. The van der Waals surface area contributed by atoms with Gasteiger partial charge in [0.05, 0.1) is 0 Å². The molecule has 0 radical (unpaired) electrons. The highest BCUT2D eigenvalue weighted by Gasteiger charge is 2.19. The van der Waals surface area contributed by atoms with Crippen molar-refractivity contribution in [2.24, 2.45) is 5.92 Å². The molecular weight excluding hydrogens is 412 g/mol. The first-order valence-corrected chi connectivity index (χ1v) is 12.5. The smallest absolute Gasteiger partial charge is 0.146 e. The lowest BCUT2D eigenvalue weighted by Gasteiger charge is -2.20. The van der Waals surface area contributed by atoms with Crippen molar-refractivity contribution in [2.75, 3.05) is 26.2 Å². The van der Waals surface area contributed by atoms with Crippen LogP contribution in [0.25, 0.3) is 5.57 Å². The molecule has 0 heterocycles. The molecule has 0 amide bonds. The van der Waals surface area contributed by atoms with Gasteiger partial charge in [0.15, 0.2) is 0 Å². The zero-order valence-electron chi connectivity index (χ0n) is 19.6. The number of hydrogen-bond acceptors (Lipinski definition) is 4. The summed E-state index contributed by atoms with van der Waals surface area (Å²) in [6.45, 7) is 10.4. The maximum Gasteiger partial charge on any atom is 0.146 e. The number of nitrogens with one attached hydrogen (secondary N) is 1. The van der Waals surface area contributed by atoms with Crippen molar-refractivity contribution in [3.8, 4) is 0 Å². The Labute approximate surface area is 198 Å². The number of hydrogen-bond donors (Lipinski definition) is 1. The molecule has 1 atom stereocenters. The molecule has 1 unspecified atom stereocenters. The molecule has 1 aliphatic rings. The van der Waals surface area contributed by atoms with E-state index in [1.807, 2.05) is 11.9 Å². The Morgan fingerprint density at radius 2 is 1.97 bits per heavy atom. The largest absolute Gasteiger partial charge is 0.313 e. The average Bonchev–Trinajstić information content (AvgIpc) is 3.15. The van der Waals surface area contributed by atoms with E-state index in [1.165, 1.54) is 28.0 Å². The summed E-state index contributed by atoms with van der Waals surface area (Å²) in [5.74, 6) is 0.721. The second-order valence-electron chi connectivity index (χ2n) is 8.62. The van der Waals surface area contributed by atoms with Gasteiger partial charge in [0.25, 0.3) is 0 Å². The molecule has 0 aliphatic heterocycles. The minimum atomic E-state index is 0.721. The molecule has 0 aromatic heterocycles. The van der Waals surface area contributed by atoms with Gasteiger partial charge in [-0.3, -0.25) is 4.79 Å². The van der Waals surface area contributed by atoms with E-state index >= 15 is 0 Å². The molecule has 2 aromatic rings. The van der Waals surface area contributed by atoms with Crippen molar-refractivity contribution >= 4 is 23.8 Å². The Bertz CT molecular complexity index is 936. The van der Waals surface area contributed by atoms with E-state index in [4.69, 9.17) is 0 Å². The molecule has 0 saturated carbocycles. The third-order valence-corrected chi connectivity index (χ3v) is 7.20. The van der Waals surface area contributed by atoms with Crippen molar-refractivity contribution in [2.45, 2.75) is 44.9 Å². The standard InChI is InChI=1S/C28H36N2OS/c1-4-22(2)20-29-15-8-9-16-30(17-14-24-10-6-5-7-11-24)32-27-13-12-25-18-26(21-31)23(3)28(25)19-27/h5-13,19,21-22,29H,4,14-18,20H2,1-3H3/b9-8-. The first kappa shape index (κ1) is 24.5. The SMILES string of the molecule is CCC(C)CNC/C=C\CN(CCc1ccccc1)Sc1ccc2c(c1)C(C)=C(C=O)C2. The fourth-order valence-electron chi connectivity index (χ4n) is 3.81. The van der Waals surface area contributed by atoms with Gasteiger partial charge in [0, 0.05) is 31.0 Å². The van der Waals surface area contributed by atoms with Crippen molar-refractivity contribution in [3.63, 3.8) is 0 Å². The highest BCUT2D eigenvalue weighted by atomic mass is 32.2. The van der Waals surface area contributed by atoms with Gasteiger partial charge in [-0.2, -0.15) is 0 Å². The summed E-state index contributed by atoms with van der Waals surface area (Å²) in [6.07, 6.45) is 8.51. The van der Waals surface area contributed by atoms with Crippen LogP contribution in [0, 0.1) is 5.92 Å². The Balaban J connectivity index is 1.62. The molecule has 0 saturated heterocycles. The van der Waals surface area contributed by atoms with E-state index in [1.54, 1.807) is 0 Å². The van der Waals surface area contributed by atoms with Crippen LogP contribution < -0.4 is 5.32 Å².